The number of fused-ring (bicyclic) bond motifs is 2. The van der Waals surface area contributed by atoms with E-state index in [4.69, 9.17) is 10.5 Å². The van der Waals surface area contributed by atoms with Gasteiger partial charge in [0.2, 0.25) is 0 Å². The average Bonchev–Trinajstić information content (AvgIpc) is 3.63. The van der Waals surface area contributed by atoms with Gasteiger partial charge in [-0.3, -0.25) is 9.47 Å². The van der Waals surface area contributed by atoms with Crippen LogP contribution < -0.4 is 5.73 Å². The number of nitrogens with zero attached hydrogens (tertiary/aromatic N) is 6. The Morgan fingerprint density at radius 2 is 1.93 bits per heavy atom. The van der Waals surface area contributed by atoms with Crippen LogP contribution in [0.2, 0.25) is 0 Å². The van der Waals surface area contributed by atoms with Crippen LogP contribution in [-0.4, -0.2) is 104 Å². The summed E-state index contributed by atoms with van der Waals surface area (Å²) in [5.41, 5.74) is 9.17. The van der Waals surface area contributed by atoms with E-state index in [-0.39, 0.29) is 35.8 Å². The first-order valence-electron chi connectivity index (χ1n) is 14.9. The third kappa shape index (κ3) is 5.49. The monoisotopic (exact) mass is 594 g/mol. The Morgan fingerprint density at radius 3 is 2.65 bits per heavy atom. The second kappa shape index (κ2) is 11.4. The second-order valence-corrected chi connectivity index (χ2v) is 13.0. The molecule has 0 amide bonds. The molecule has 1 aromatic carbocycles. The highest BCUT2D eigenvalue weighted by atomic mass is 16.6. The van der Waals surface area contributed by atoms with Crippen molar-refractivity contribution >= 4 is 28.0 Å². The van der Waals surface area contributed by atoms with Gasteiger partial charge in [-0.25, -0.2) is 19.9 Å². The van der Waals surface area contributed by atoms with Crippen molar-refractivity contribution in [3.05, 3.63) is 42.2 Å². The highest BCUT2D eigenvalue weighted by Gasteiger charge is 2.47. The number of imidazole rings is 2. The predicted octanol–water partition coefficient (Wildman–Crippen LogP) is 1.27. The number of ether oxygens (including phenoxy) is 1. The van der Waals surface area contributed by atoms with Crippen LogP contribution in [0.1, 0.15) is 58.2 Å². The fraction of sp³-hybridized carbons (Fsp3) is 0.600. The van der Waals surface area contributed by atoms with Gasteiger partial charge in [0.25, 0.3) is 0 Å². The normalized spacial score (nSPS) is 27.0. The third-order valence-electron chi connectivity index (χ3n) is 9.33. The number of aromatic amines is 1. The molecule has 0 spiro atoms. The van der Waals surface area contributed by atoms with Crippen LogP contribution in [0.25, 0.3) is 22.2 Å². The Morgan fingerprint density at radius 1 is 1.16 bits per heavy atom. The molecule has 43 heavy (non-hydrogen) atoms. The van der Waals surface area contributed by atoms with E-state index in [0.29, 0.717) is 24.1 Å². The van der Waals surface area contributed by atoms with E-state index in [1.165, 1.54) is 12.7 Å². The zero-order valence-electron chi connectivity index (χ0n) is 25.0. The van der Waals surface area contributed by atoms with Crippen molar-refractivity contribution in [3.63, 3.8) is 0 Å². The van der Waals surface area contributed by atoms with Gasteiger partial charge in [0.15, 0.2) is 17.7 Å². The van der Waals surface area contributed by atoms with Gasteiger partial charge >= 0.3 is 0 Å². The van der Waals surface area contributed by atoms with Crippen LogP contribution in [0, 0.1) is 5.92 Å². The zero-order valence-corrected chi connectivity index (χ0v) is 25.0. The minimum absolute atomic E-state index is 0.0498. The lowest BCUT2D eigenvalue weighted by atomic mass is 9.74. The van der Waals surface area contributed by atoms with Crippen molar-refractivity contribution in [1.82, 2.24) is 34.4 Å². The smallest absolute Gasteiger partial charge is 0.167 e. The van der Waals surface area contributed by atoms with E-state index in [9.17, 15) is 20.4 Å². The molecule has 1 aliphatic carbocycles. The lowest BCUT2D eigenvalue weighted by Crippen LogP contribution is -2.54. The summed E-state index contributed by atoms with van der Waals surface area (Å²) in [6.45, 7) is 8.67. The molecule has 13 heteroatoms. The largest absolute Gasteiger partial charge is 0.395 e. The number of nitrogens with one attached hydrogen (secondary N) is 1. The molecule has 1 saturated carbocycles. The van der Waals surface area contributed by atoms with Gasteiger partial charge in [0.05, 0.1) is 30.1 Å². The van der Waals surface area contributed by atoms with Gasteiger partial charge in [-0.15, -0.1) is 0 Å². The van der Waals surface area contributed by atoms with Crippen molar-refractivity contribution in [3.8, 4) is 0 Å². The number of rotatable bonds is 10. The van der Waals surface area contributed by atoms with Crippen molar-refractivity contribution in [2.45, 2.75) is 95.1 Å². The molecule has 13 nitrogen and oxygen atoms in total. The number of hydrogen-bond acceptors (Lipinski definition) is 11. The second-order valence-electron chi connectivity index (χ2n) is 13.0. The van der Waals surface area contributed by atoms with Crippen molar-refractivity contribution in [2.75, 3.05) is 18.9 Å². The van der Waals surface area contributed by atoms with Crippen LogP contribution in [0.3, 0.4) is 0 Å². The number of hydrogen-bond donors (Lipinski definition) is 6. The number of aliphatic hydroxyl groups excluding tert-OH is 4. The molecule has 3 aromatic heterocycles. The van der Waals surface area contributed by atoms with E-state index in [2.05, 4.69) is 43.7 Å². The van der Waals surface area contributed by atoms with E-state index in [1.807, 2.05) is 32.0 Å². The summed E-state index contributed by atoms with van der Waals surface area (Å²) in [6, 6.07) is 6.35. The summed E-state index contributed by atoms with van der Waals surface area (Å²) in [4.78, 5) is 22.8. The zero-order chi connectivity index (χ0) is 30.6. The predicted molar refractivity (Wildman–Crippen MR) is 160 cm³/mol. The van der Waals surface area contributed by atoms with Crippen molar-refractivity contribution in [2.24, 2.45) is 5.92 Å². The molecule has 4 heterocycles. The molecule has 1 saturated heterocycles. The molecule has 1 unspecified atom stereocenters. The van der Waals surface area contributed by atoms with Crippen LogP contribution >= 0.6 is 0 Å². The van der Waals surface area contributed by atoms with Gasteiger partial charge in [0, 0.05) is 30.5 Å². The first kappa shape index (κ1) is 29.9. The average molecular weight is 595 g/mol. The lowest BCUT2D eigenvalue weighted by Gasteiger charge is -2.47. The quantitative estimate of drug-likeness (QED) is 0.155. The number of nitrogen functional groups attached to an aromatic ring is 1. The molecule has 7 N–H and O–H groups in total. The molecule has 5 atom stereocenters. The molecule has 1 aliphatic heterocycles. The van der Waals surface area contributed by atoms with E-state index >= 15 is 0 Å². The highest BCUT2D eigenvalue weighted by molar-refractivity contribution is 5.81. The van der Waals surface area contributed by atoms with Crippen LogP contribution in [0.5, 0.6) is 0 Å². The number of aromatic nitrogens is 6. The van der Waals surface area contributed by atoms with E-state index in [1.54, 1.807) is 4.57 Å². The first-order valence-corrected chi connectivity index (χ1v) is 14.9. The van der Waals surface area contributed by atoms with Crippen LogP contribution in [0.15, 0.2) is 30.9 Å². The van der Waals surface area contributed by atoms with Gasteiger partial charge < -0.3 is 35.9 Å². The molecule has 0 radical (unpaired) electrons. The Bertz CT molecular complexity index is 1580. The number of benzene rings is 1. The van der Waals surface area contributed by atoms with Crippen LogP contribution in [-0.2, 0) is 16.6 Å². The number of H-pyrrole nitrogens is 1. The van der Waals surface area contributed by atoms with Gasteiger partial charge in [0.1, 0.15) is 36.0 Å². The van der Waals surface area contributed by atoms with Crippen molar-refractivity contribution in [1.29, 1.82) is 0 Å². The van der Waals surface area contributed by atoms with Crippen molar-refractivity contribution < 1.29 is 25.2 Å². The molecular formula is C30H42N8O5. The molecular weight excluding hydrogens is 552 g/mol. The number of anilines is 1. The summed E-state index contributed by atoms with van der Waals surface area (Å²) < 4.78 is 7.79. The van der Waals surface area contributed by atoms with Gasteiger partial charge in [-0.2, -0.15) is 0 Å². The fourth-order valence-corrected chi connectivity index (χ4v) is 6.41. The van der Waals surface area contributed by atoms with Gasteiger partial charge in [-0.1, -0.05) is 19.9 Å². The van der Waals surface area contributed by atoms with Gasteiger partial charge in [-0.05, 0) is 50.3 Å². The molecule has 232 valence electrons. The standard InChI is InChI=1S/C30H42N8O5/c1-15(2)37(11-22-25(41)26(42)29(43-22)38-14-34-24-27(31)32-13-33-28(24)38)18-7-16(8-18)21(40)10-23-35-19-6-5-17(9-20(19)36-23)30(3,4)12-39/h5-6,9,13-16,18,21-22,25-26,29,39-42H,7-8,10-12H2,1-4H3,(H,35,36)(H2,31,32,33)/t16?,18?,21?,22-,25-,26-,29-/m1/s1. The molecule has 2 fully saturated rings. The fourth-order valence-electron chi connectivity index (χ4n) is 6.41. The Hall–Kier alpha value is -3.20. The van der Waals surface area contributed by atoms with Crippen LogP contribution in [0.4, 0.5) is 5.82 Å². The number of nitrogens with two attached hydrogens (primary N) is 1. The summed E-state index contributed by atoms with van der Waals surface area (Å²) in [5, 5.41) is 42.6. The molecule has 4 aromatic rings. The summed E-state index contributed by atoms with van der Waals surface area (Å²) in [7, 11) is 0. The minimum Gasteiger partial charge on any atom is -0.395 e. The Labute approximate surface area is 249 Å². The lowest BCUT2D eigenvalue weighted by molar-refractivity contribution is -0.0713. The maximum atomic E-state index is 11.1. The maximum absolute atomic E-state index is 11.1. The molecule has 2 aliphatic rings. The molecule has 0 bridgehead atoms. The third-order valence-corrected chi connectivity index (χ3v) is 9.33. The highest BCUT2D eigenvalue weighted by Crippen LogP contribution is 2.39. The summed E-state index contributed by atoms with van der Waals surface area (Å²) in [6.07, 6.45) is 0.583. The summed E-state index contributed by atoms with van der Waals surface area (Å²) in [5.74, 6) is 1.10. The van der Waals surface area contributed by atoms with E-state index < -0.39 is 30.6 Å². The first-order chi connectivity index (χ1) is 20.5. The SMILES string of the molecule is CC(C)N(C[C@H]1O[C@@H](n2cnc3c(N)ncnc32)[C@H](O)[C@@H]1O)C1CC(C(O)Cc2nc3ccc(C(C)(C)CO)cc3[nH]2)C1. The number of aliphatic hydroxyl groups is 4. The topological polar surface area (TPSA) is 192 Å². The maximum Gasteiger partial charge on any atom is 0.167 e. The Balaban J connectivity index is 1.08. The van der Waals surface area contributed by atoms with E-state index in [0.717, 1.165) is 35.3 Å². The minimum atomic E-state index is -1.17. The Kier molecular flexibility index (Phi) is 7.90. The molecule has 6 rings (SSSR count). The summed E-state index contributed by atoms with van der Waals surface area (Å²) >= 11 is 0.